The minimum Gasteiger partial charge on any atom is -0.382 e. The van der Waals surface area contributed by atoms with Crippen molar-refractivity contribution in [2.45, 2.75) is 24.6 Å². The lowest BCUT2D eigenvalue weighted by Gasteiger charge is -2.18. The number of benzene rings is 1. The van der Waals surface area contributed by atoms with Crippen LogP contribution in [0.4, 0.5) is 5.69 Å². The Hall–Kier alpha value is -2.73. The number of β-amino-alcohol motifs (C(OH)–C–C–N with tert-alkyl or cyclic N) is 1. The summed E-state index contributed by atoms with van der Waals surface area (Å²) in [6.07, 6.45) is 0.291. The van der Waals surface area contributed by atoms with E-state index in [4.69, 9.17) is 10.3 Å². The molecular weight excluding hydrogens is 372 g/mol. The highest BCUT2D eigenvalue weighted by atomic mass is 32.1. The molecular formula is C16H16N6O4S. The van der Waals surface area contributed by atoms with Crippen LogP contribution < -0.4 is 11.1 Å². The summed E-state index contributed by atoms with van der Waals surface area (Å²) in [5.74, 6) is 0.391. The number of nitrogens with zero attached hydrogens (tertiary/aromatic N) is 4. The van der Waals surface area contributed by atoms with Gasteiger partial charge in [0.05, 0.1) is 16.7 Å². The molecule has 0 radical (unpaired) electrons. The molecule has 140 valence electrons. The molecule has 2 aromatic heterocycles. The first-order valence-electron chi connectivity index (χ1n) is 8.18. The van der Waals surface area contributed by atoms with E-state index in [9.17, 15) is 15.2 Å². The number of thiazole rings is 1. The lowest BCUT2D eigenvalue weighted by Crippen LogP contribution is -2.28. The third-order valence-corrected chi connectivity index (χ3v) is 5.34. The van der Waals surface area contributed by atoms with Crippen LogP contribution in [0.15, 0.2) is 34.2 Å². The van der Waals surface area contributed by atoms with Gasteiger partial charge in [-0.25, -0.2) is 4.98 Å². The number of aliphatic hydroxyl groups is 1. The van der Waals surface area contributed by atoms with Gasteiger partial charge in [0.25, 0.3) is 5.69 Å². The van der Waals surface area contributed by atoms with E-state index in [1.54, 1.807) is 23.6 Å². The highest BCUT2D eigenvalue weighted by Gasteiger charge is 2.43. The van der Waals surface area contributed by atoms with Gasteiger partial charge < -0.3 is 20.7 Å². The van der Waals surface area contributed by atoms with E-state index in [-0.39, 0.29) is 35.6 Å². The molecule has 4 N–H and O–H groups in total. The molecule has 27 heavy (non-hydrogen) atoms. The van der Waals surface area contributed by atoms with E-state index in [0.29, 0.717) is 18.7 Å². The molecule has 0 unspecified atom stereocenters. The van der Waals surface area contributed by atoms with E-state index >= 15 is 0 Å². The Labute approximate surface area is 157 Å². The van der Waals surface area contributed by atoms with E-state index in [0.717, 1.165) is 5.01 Å². The number of nitro benzene ring substituents is 1. The van der Waals surface area contributed by atoms with Gasteiger partial charge in [-0.2, -0.15) is 4.98 Å². The van der Waals surface area contributed by atoms with Crippen LogP contribution in [0.1, 0.15) is 29.1 Å². The van der Waals surface area contributed by atoms with Gasteiger partial charge in [0.2, 0.25) is 11.7 Å². The molecule has 3 aromatic rings. The summed E-state index contributed by atoms with van der Waals surface area (Å²) in [6.45, 7) is 0.592. The van der Waals surface area contributed by atoms with E-state index < -0.39 is 10.5 Å². The summed E-state index contributed by atoms with van der Waals surface area (Å²) < 4.78 is 5.30. The number of hydrogen-bond acceptors (Lipinski definition) is 10. The van der Waals surface area contributed by atoms with Crippen LogP contribution in [0.2, 0.25) is 0 Å². The minimum absolute atomic E-state index is 0.0995. The van der Waals surface area contributed by atoms with Crippen molar-refractivity contribution >= 4 is 17.0 Å². The van der Waals surface area contributed by atoms with Crippen molar-refractivity contribution < 1.29 is 14.6 Å². The molecule has 0 bridgehead atoms. The van der Waals surface area contributed by atoms with Crippen LogP contribution in [-0.2, 0) is 12.1 Å². The monoisotopic (exact) mass is 388 g/mol. The lowest BCUT2D eigenvalue weighted by atomic mass is 9.97. The molecule has 0 saturated carbocycles. The zero-order valence-electron chi connectivity index (χ0n) is 14.0. The Morgan fingerprint density at radius 1 is 1.44 bits per heavy atom. The largest absolute Gasteiger partial charge is 0.382 e. The zero-order valence-corrected chi connectivity index (χ0v) is 14.8. The Kier molecular flexibility index (Phi) is 4.44. The van der Waals surface area contributed by atoms with Crippen molar-refractivity contribution in [1.29, 1.82) is 0 Å². The maximum atomic E-state index is 11.2. The second-order valence-electron chi connectivity index (χ2n) is 6.23. The molecule has 0 spiro atoms. The number of rotatable bonds is 5. The second kappa shape index (κ2) is 6.78. The van der Waals surface area contributed by atoms with Crippen molar-refractivity contribution in [1.82, 2.24) is 20.4 Å². The van der Waals surface area contributed by atoms with Gasteiger partial charge in [-0.05, 0) is 6.07 Å². The van der Waals surface area contributed by atoms with Gasteiger partial charge >= 0.3 is 0 Å². The van der Waals surface area contributed by atoms with Crippen molar-refractivity contribution in [2.24, 2.45) is 5.73 Å². The SMILES string of the molecule is NCc1nc([C@]2(O)CN[C@@H](c3nc(-c4ccccc4[N+](=O)[O-])no3)C2)cs1. The number of hydrogen-bond donors (Lipinski definition) is 3. The van der Waals surface area contributed by atoms with E-state index in [2.05, 4.69) is 20.4 Å². The van der Waals surface area contributed by atoms with Gasteiger partial charge in [-0.1, -0.05) is 17.3 Å². The highest BCUT2D eigenvalue weighted by molar-refractivity contribution is 7.09. The number of nitro groups is 1. The summed E-state index contributed by atoms with van der Waals surface area (Å²) in [4.78, 5) is 19.3. The average Bonchev–Trinajstić information content (AvgIpc) is 3.41. The maximum absolute atomic E-state index is 11.2. The summed E-state index contributed by atoms with van der Waals surface area (Å²) in [6, 6.07) is 5.80. The topological polar surface area (TPSA) is 153 Å². The quantitative estimate of drug-likeness (QED) is 0.435. The normalized spacial score (nSPS) is 22.2. The Morgan fingerprint density at radius 2 is 2.26 bits per heavy atom. The molecule has 2 atom stereocenters. The smallest absolute Gasteiger partial charge is 0.280 e. The van der Waals surface area contributed by atoms with Gasteiger partial charge in [-0.15, -0.1) is 11.3 Å². The standard InChI is InChI=1S/C16H16N6O4S/c17-6-13-19-12(7-27-13)16(23)5-10(18-8-16)15-20-14(21-26-15)9-3-1-2-4-11(9)22(24)25/h1-4,7,10,18,23H,5-6,8,17H2/t10-,16-/m1/s1. The second-order valence-corrected chi connectivity index (χ2v) is 7.17. The van der Waals surface area contributed by atoms with Crippen LogP contribution in [0, 0.1) is 10.1 Å². The van der Waals surface area contributed by atoms with Crippen LogP contribution in [-0.4, -0.2) is 31.7 Å². The molecule has 3 heterocycles. The molecule has 4 rings (SSSR count). The Morgan fingerprint density at radius 3 is 3.00 bits per heavy atom. The molecule has 10 nitrogen and oxygen atoms in total. The first-order valence-corrected chi connectivity index (χ1v) is 9.06. The maximum Gasteiger partial charge on any atom is 0.280 e. The molecule has 1 fully saturated rings. The van der Waals surface area contributed by atoms with Gasteiger partial charge in [0.15, 0.2) is 0 Å². The van der Waals surface area contributed by atoms with E-state index in [1.165, 1.54) is 17.4 Å². The predicted octanol–water partition coefficient (Wildman–Crippen LogP) is 1.48. The van der Waals surface area contributed by atoms with Crippen LogP contribution >= 0.6 is 11.3 Å². The molecule has 0 amide bonds. The van der Waals surface area contributed by atoms with Gasteiger partial charge in [0, 0.05) is 31.0 Å². The van der Waals surface area contributed by atoms with Crippen molar-refractivity contribution in [3.8, 4) is 11.4 Å². The molecule has 1 aliphatic rings. The number of para-hydroxylation sites is 1. The summed E-state index contributed by atoms with van der Waals surface area (Å²) >= 11 is 1.40. The first-order chi connectivity index (χ1) is 13.0. The highest BCUT2D eigenvalue weighted by Crippen LogP contribution is 2.38. The fourth-order valence-electron chi connectivity index (χ4n) is 3.07. The van der Waals surface area contributed by atoms with Crippen LogP contribution in [0.25, 0.3) is 11.4 Å². The van der Waals surface area contributed by atoms with Gasteiger partial charge in [0.1, 0.15) is 16.2 Å². The van der Waals surface area contributed by atoms with Crippen LogP contribution in [0.5, 0.6) is 0 Å². The summed E-state index contributed by atoms with van der Waals surface area (Å²) in [7, 11) is 0. The fourth-order valence-corrected chi connectivity index (χ4v) is 3.84. The molecule has 1 aliphatic heterocycles. The van der Waals surface area contributed by atoms with Gasteiger partial charge in [-0.3, -0.25) is 10.1 Å². The molecule has 1 aromatic carbocycles. The van der Waals surface area contributed by atoms with E-state index in [1.807, 2.05) is 0 Å². The summed E-state index contributed by atoms with van der Waals surface area (Å²) in [5, 5.41) is 31.6. The lowest BCUT2D eigenvalue weighted by molar-refractivity contribution is -0.384. The molecule has 1 saturated heterocycles. The Bertz CT molecular complexity index is 989. The number of aromatic nitrogens is 3. The fraction of sp³-hybridized carbons (Fsp3) is 0.312. The first kappa shape index (κ1) is 17.7. The molecule has 11 heteroatoms. The Balaban J connectivity index is 1.57. The average molecular weight is 388 g/mol. The van der Waals surface area contributed by atoms with Crippen molar-refractivity contribution in [3.05, 3.63) is 56.4 Å². The predicted molar refractivity (Wildman–Crippen MR) is 95.7 cm³/mol. The summed E-state index contributed by atoms with van der Waals surface area (Å²) in [5.41, 5.74) is 5.15. The zero-order chi connectivity index (χ0) is 19.0. The minimum atomic E-state index is -1.16. The number of nitrogens with one attached hydrogen (secondary N) is 1. The van der Waals surface area contributed by atoms with Crippen LogP contribution in [0.3, 0.4) is 0 Å². The number of nitrogens with two attached hydrogens (primary N) is 1. The van der Waals surface area contributed by atoms with Crippen molar-refractivity contribution in [2.75, 3.05) is 6.54 Å². The van der Waals surface area contributed by atoms with Crippen molar-refractivity contribution in [3.63, 3.8) is 0 Å². The third-order valence-electron chi connectivity index (χ3n) is 4.47. The third kappa shape index (κ3) is 3.21. The molecule has 0 aliphatic carbocycles.